The molecule has 0 radical (unpaired) electrons. The summed E-state index contributed by atoms with van der Waals surface area (Å²) in [7, 11) is 0. The van der Waals surface area contributed by atoms with Crippen molar-refractivity contribution in [1.82, 2.24) is 10.6 Å². The first-order chi connectivity index (χ1) is 9.58. The zero-order valence-electron chi connectivity index (χ0n) is 11.2. The van der Waals surface area contributed by atoms with Crippen molar-refractivity contribution in [2.24, 2.45) is 0 Å². The van der Waals surface area contributed by atoms with Crippen molar-refractivity contribution in [2.75, 3.05) is 6.54 Å². The van der Waals surface area contributed by atoms with Crippen LogP contribution in [0.25, 0.3) is 0 Å². The van der Waals surface area contributed by atoms with Gasteiger partial charge in [0.15, 0.2) is 0 Å². The monoisotopic (exact) mass is 312 g/mol. The van der Waals surface area contributed by atoms with Crippen molar-refractivity contribution in [3.63, 3.8) is 0 Å². The van der Waals surface area contributed by atoms with Gasteiger partial charge >= 0.3 is 0 Å². The summed E-state index contributed by atoms with van der Waals surface area (Å²) < 4.78 is 0. The molecule has 20 heavy (non-hydrogen) atoms. The number of benzene rings is 1. The fourth-order valence-corrected chi connectivity index (χ4v) is 3.58. The predicted octanol–water partition coefficient (Wildman–Crippen LogP) is 3.40. The number of carbonyl (C=O) groups is 1. The second-order valence-corrected chi connectivity index (χ2v) is 6.69. The Balaban J connectivity index is 1.67. The molecule has 1 aromatic carbocycles. The molecule has 1 aliphatic heterocycles. The molecule has 0 aromatic heterocycles. The summed E-state index contributed by atoms with van der Waals surface area (Å²) in [4.78, 5) is 12.3. The van der Waals surface area contributed by atoms with E-state index in [-0.39, 0.29) is 17.5 Å². The summed E-state index contributed by atoms with van der Waals surface area (Å²) in [6.07, 6.45) is 5.70. The number of piperidine rings is 1. The molecule has 0 bridgehead atoms. The molecule has 1 saturated heterocycles. The molecule has 5 heteroatoms. The number of hydrogen-bond acceptors (Lipinski definition) is 2. The van der Waals surface area contributed by atoms with E-state index in [2.05, 4.69) is 10.6 Å². The molecule has 1 aliphatic carbocycles. The van der Waals surface area contributed by atoms with Gasteiger partial charge in [-0.05, 0) is 56.8 Å². The van der Waals surface area contributed by atoms with Crippen LogP contribution in [-0.4, -0.2) is 24.0 Å². The molecule has 2 N–H and O–H groups in total. The average Bonchev–Trinajstić information content (AvgIpc) is 2.40. The Morgan fingerprint density at radius 2 is 2.15 bits per heavy atom. The van der Waals surface area contributed by atoms with Gasteiger partial charge in [-0.2, -0.15) is 0 Å². The van der Waals surface area contributed by atoms with Crippen molar-refractivity contribution in [3.05, 3.63) is 33.8 Å². The van der Waals surface area contributed by atoms with Crippen molar-refractivity contribution in [2.45, 2.75) is 43.7 Å². The molecule has 1 unspecified atom stereocenters. The first kappa shape index (κ1) is 14.2. The van der Waals surface area contributed by atoms with Gasteiger partial charge < -0.3 is 10.6 Å². The molecular formula is C15H18Cl2N2O. The Morgan fingerprint density at radius 3 is 2.85 bits per heavy atom. The van der Waals surface area contributed by atoms with Crippen LogP contribution in [0.2, 0.25) is 10.0 Å². The number of rotatable bonds is 2. The van der Waals surface area contributed by atoms with E-state index < -0.39 is 0 Å². The number of carbonyl (C=O) groups excluding carboxylic acids is 1. The van der Waals surface area contributed by atoms with Crippen molar-refractivity contribution >= 4 is 29.1 Å². The second kappa shape index (κ2) is 5.55. The van der Waals surface area contributed by atoms with E-state index >= 15 is 0 Å². The van der Waals surface area contributed by atoms with Gasteiger partial charge in [-0.3, -0.25) is 4.79 Å². The number of nitrogens with one attached hydrogen (secondary N) is 2. The lowest BCUT2D eigenvalue weighted by atomic mass is 9.70. The maximum atomic E-state index is 12.3. The molecule has 3 rings (SSSR count). The molecule has 1 atom stereocenters. The van der Waals surface area contributed by atoms with Gasteiger partial charge in [0.25, 0.3) is 5.91 Å². The van der Waals surface area contributed by atoms with Crippen LogP contribution in [0.15, 0.2) is 18.2 Å². The Labute approximate surface area is 129 Å². The van der Waals surface area contributed by atoms with Gasteiger partial charge in [0.1, 0.15) is 0 Å². The topological polar surface area (TPSA) is 41.1 Å². The lowest BCUT2D eigenvalue weighted by Gasteiger charge is -2.48. The standard InChI is InChI=1S/C15H18Cl2N2O/c16-10-2-3-13(17)12(8-10)14(20)19-11-4-7-18-15(9-11)5-1-6-15/h2-3,8,11,18H,1,4-7,9H2,(H,19,20). The summed E-state index contributed by atoms with van der Waals surface area (Å²) in [5.74, 6) is -0.126. The lowest BCUT2D eigenvalue weighted by Crippen LogP contribution is -2.59. The highest BCUT2D eigenvalue weighted by molar-refractivity contribution is 6.35. The van der Waals surface area contributed by atoms with Crippen LogP contribution in [0.3, 0.4) is 0 Å². The summed E-state index contributed by atoms with van der Waals surface area (Å²) in [6.45, 7) is 0.966. The van der Waals surface area contributed by atoms with E-state index in [4.69, 9.17) is 23.2 Å². The van der Waals surface area contributed by atoms with E-state index in [0.29, 0.717) is 15.6 Å². The molecule has 2 aliphatic rings. The Morgan fingerprint density at radius 1 is 1.35 bits per heavy atom. The number of amides is 1. The molecule has 3 nitrogen and oxygen atoms in total. The summed E-state index contributed by atoms with van der Waals surface area (Å²) in [5, 5.41) is 7.67. The largest absolute Gasteiger partial charge is 0.349 e. The highest BCUT2D eigenvalue weighted by Gasteiger charge is 2.41. The van der Waals surface area contributed by atoms with E-state index in [1.807, 2.05) is 0 Å². The third-order valence-electron chi connectivity index (χ3n) is 4.45. The van der Waals surface area contributed by atoms with Crippen LogP contribution in [0.4, 0.5) is 0 Å². The molecule has 1 aromatic rings. The minimum atomic E-state index is -0.126. The minimum Gasteiger partial charge on any atom is -0.349 e. The Hall–Kier alpha value is -0.770. The van der Waals surface area contributed by atoms with Gasteiger partial charge in [-0.25, -0.2) is 0 Å². The first-order valence-electron chi connectivity index (χ1n) is 7.09. The normalized spacial score (nSPS) is 24.2. The fraction of sp³-hybridized carbons (Fsp3) is 0.533. The predicted molar refractivity (Wildman–Crippen MR) is 81.5 cm³/mol. The van der Waals surface area contributed by atoms with Crippen LogP contribution < -0.4 is 10.6 Å². The molecule has 2 fully saturated rings. The van der Waals surface area contributed by atoms with Crippen LogP contribution >= 0.6 is 23.2 Å². The van der Waals surface area contributed by atoms with Crippen molar-refractivity contribution in [1.29, 1.82) is 0 Å². The molecular weight excluding hydrogens is 295 g/mol. The summed E-state index contributed by atoms with van der Waals surface area (Å²) in [5.41, 5.74) is 0.731. The molecule has 1 amide bonds. The maximum Gasteiger partial charge on any atom is 0.253 e. The van der Waals surface area contributed by atoms with Gasteiger partial charge in [0.05, 0.1) is 10.6 Å². The SMILES string of the molecule is O=C(NC1CCNC2(CCC2)C1)c1cc(Cl)ccc1Cl. The van der Waals surface area contributed by atoms with E-state index in [9.17, 15) is 4.79 Å². The Kier molecular flexibility index (Phi) is 3.93. The first-order valence-corrected chi connectivity index (χ1v) is 7.85. The van der Waals surface area contributed by atoms with Crippen LogP contribution in [0, 0.1) is 0 Å². The minimum absolute atomic E-state index is 0.126. The van der Waals surface area contributed by atoms with Gasteiger partial charge in [-0.1, -0.05) is 23.2 Å². The van der Waals surface area contributed by atoms with Gasteiger partial charge in [0, 0.05) is 16.6 Å². The molecule has 1 saturated carbocycles. The maximum absolute atomic E-state index is 12.3. The Bertz CT molecular complexity index is 529. The van der Waals surface area contributed by atoms with E-state index in [1.54, 1.807) is 18.2 Å². The highest BCUT2D eigenvalue weighted by Crippen LogP contribution is 2.38. The molecule has 1 heterocycles. The quantitative estimate of drug-likeness (QED) is 0.878. The van der Waals surface area contributed by atoms with Crippen LogP contribution in [0.5, 0.6) is 0 Å². The van der Waals surface area contributed by atoms with E-state index in [0.717, 1.165) is 19.4 Å². The highest BCUT2D eigenvalue weighted by atomic mass is 35.5. The van der Waals surface area contributed by atoms with Crippen LogP contribution in [-0.2, 0) is 0 Å². The third kappa shape index (κ3) is 2.80. The zero-order chi connectivity index (χ0) is 14.2. The van der Waals surface area contributed by atoms with Gasteiger partial charge in [-0.15, -0.1) is 0 Å². The van der Waals surface area contributed by atoms with Crippen molar-refractivity contribution < 1.29 is 4.79 Å². The number of hydrogen-bond donors (Lipinski definition) is 2. The summed E-state index contributed by atoms with van der Waals surface area (Å²) in [6, 6.07) is 5.20. The molecule has 108 valence electrons. The number of halogens is 2. The second-order valence-electron chi connectivity index (χ2n) is 5.85. The third-order valence-corrected chi connectivity index (χ3v) is 5.01. The lowest BCUT2D eigenvalue weighted by molar-refractivity contribution is 0.0853. The zero-order valence-corrected chi connectivity index (χ0v) is 12.7. The van der Waals surface area contributed by atoms with Crippen molar-refractivity contribution in [3.8, 4) is 0 Å². The smallest absolute Gasteiger partial charge is 0.253 e. The average molecular weight is 313 g/mol. The van der Waals surface area contributed by atoms with Crippen LogP contribution in [0.1, 0.15) is 42.5 Å². The molecule has 1 spiro atoms. The fourth-order valence-electron chi connectivity index (χ4n) is 3.20. The van der Waals surface area contributed by atoms with Gasteiger partial charge in [0.2, 0.25) is 0 Å². The van der Waals surface area contributed by atoms with E-state index in [1.165, 1.54) is 19.3 Å². The summed E-state index contributed by atoms with van der Waals surface area (Å²) >= 11 is 12.0.